The number of nitro benzene ring substituents is 1. The first-order chi connectivity index (χ1) is 11.3. The van der Waals surface area contributed by atoms with Crippen LogP contribution in [-0.4, -0.2) is 17.4 Å². The molecule has 2 rings (SSSR count). The first kappa shape index (κ1) is 17.7. The molecule has 8 heteroatoms. The number of amides is 1. The molecule has 0 atom stereocenters. The first-order valence-electron chi connectivity index (χ1n) is 6.92. The lowest BCUT2D eigenvalue weighted by Gasteiger charge is -2.12. The molecule has 0 heterocycles. The molecular formula is C16H14ClFN2O4. The van der Waals surface area contributed by atoms with E-state index in [-0.39, 0.29) is 22.1 Å². The zero-order valence-electron chi connectivity index (χ0n) is 12.9. The van der Waals surface area contributed by atoms with Gasteiger partial charge in [-0.15, -0.1) is 0 Å². The quantitative estimate of drug-likeness (QED) is 0.650. The van der Waals surface area contributed by atoms with E-state index in [1.165, 1.54) is 18.2 Å². The molecule has 6 nitrogen and oxygen atoms in total. The minimum absolute atomic E-state index is 0.127. The van der Waals surface area contributed by atoms with Gasteiger partial charge in [0.15, 0.2) is 6.61 Å². The Labute approximate surface area is 142 Å². The summed E-state index contributed by atoms with van der Waals surface area (Å²) in [7, 11) is 0. The van der Waals surface area contributed by atoms with Gasteiger partial charge in [0.05, 0.1) is 9.95 Å². The third-order valence-corrected chi connectivity index (χ3v) is 3.73. The van der Waals surface area contributed by atoms with Crippen molar-refractivity contribution in [1.82, 2.24) is 0 Å². The average molecular weight is 353 g/mol. The van der Waals surface area contributed by atoms with E-state index < -0.39 is 23.3 Å². The summed E-state index contributed by atoms with van der Waals surface area (Å²) < 4.78 is 18.3. The Morgan fingerprint density at radius 2 is 2.04 bits per heavy atom. The fraction of sp³-hybridized carbons (Fsp3) is 0.188. The summed E-state index contributed by atoms with van der Waals surface area (Å²) in [6.45, 7) is 3.07. The Morgan fingerprint density at radius 3 is 2.67 bits per heavy atom. The van der Waals surface area contributed by atoms with Crippen LogP contribution in [-0.2, 0) is 4.79 Å². The highest BCUT2D eigenvalue weighted by Crippen LogP contribution is 2.30. The maximum absolute atomic E-state index is 13.1. The smallest absolute Gasteiger partial charge is 0.293 e. The van der Waals surface area contributed by atoms with E-state index in [4.69, 9.17) is 16.3 Å². The number of nitro groups is 1. The van der Waals surface area contributed by atoms with Gasteiger partial charge in [-0.25, -0.2) is 4.39 Å². The molecule has 126 valence electrons. The number of halogens is 2. The number of carbonyl (C=O) groups excluding carboxylic acids is 1. The number of rotatable bonds is 5. The maximum atomic E-state index is 13.1. The van der Waals surface area contributed by atoms with E-state index in [0.717, 1.165) is 11.6 Å². The predicted octanol–water partition coefficient (Wildman–Crippen LogP) is 4.02. The molecule has 0 aliphatic rings. The molecule has 1 amide bonds. The van der Waals surface area contributed by atoms with Gasteiger partial charge in [-0.3, -0.25) is 14.9 Å². The van der Waals surface area contributed by atoms with E-state index in [2.05, 4.69) is 5.32 Å². The fourth-order valence-corrected chi connectivity index (χ4v) is 2.17. The van der Waals surface area contributed by atoms with Crippen molar-refractivity contribution in [3.8, 4) is 5.75 Å². The second kappa shape index (κ2) is 7.27. The molecule has 0 aromatic heterocycles. The monoisotopic (exact) mass is 352 g/mol. The number of anilines is 1. The lowest BCUT2D eigenvalue weighted by atomic mass is 10.1. The fourth-order valence-electron chi connectivity index (χ4n) is 2.00. The molecule has 2 aromatic carbocycles. The Bertz CT molecular complexity index is 811. The standard InChI is InChI=1S/C16H14ClFN2O4/c1-9-3-6-14(20(22)23)16(10(9)2)19-15(21)8-24-11-4-5-13(18)12(17)7-11/h3-7H,8H2,1-2H3,(H,19,21). The molecule has 0 fully saturated rings. The number of carbonyl (C=O) groups is 1. The van der Waals surface area contributed by atoms with Crippen molar-refractivity contribution in [2.75, 3.05) is 11.9 Å². The van der Waals surface area contributed by atoms with E-state index in [1.807, 2.05) is 0 Å². The summed E-state index contributed by atoms with van der Waals surface area (Å²) in [6, 6.07) is 6.63. The van der Waals surface area contributed by atoms with Gasteiger partial charge >= 0.3 is 0 Å². The van der Waals surface area contributed by atoms with Crippen molar-refractivity contribution in [1.29, 1.82) is 0 Å². The first-order valence-corrected chi connectivity index (χ1v) is 7.29. The van der Waals surface area contributed by atoms with Crippen LogP contribution in [0.15, 0.2) is 30.3 Å². The SMILES string of the molecule is Cc1ccc([N+](=O)[O-])c(NC(=O)COc2ccc(F)c(Cl)c2)c1C. The van der Waals surface area contributed by atoms with Gasteiger partial charge in [-0.2, -0.15) is 0 Å². The number of hydrogen-bond donors (Lipinski definition) is 1. The number of hydrogen-bond acceptors (Lipinski definition) is 4. The predicted molar refractivity (Wildman–Crippen MR) is 88.1 cm³/mol. The zero-order chi connectivity index (χ0) is 17.9. The summed E-state index contributed by atoms with van der Waals surface area (Å²) in [4.78, 5) is 22.5. The average Bonchev–Trinajstić information content (AvgIpc) is 2.53. The van der Waals surface area contributed by atoms with Crippen LogP contribution in [0.3, 0.4) is 0 Å². The molecular weight excluding hydrogens is 339 g/mol. The van der Waals surface area contributed by atoms with Crippen molar-refractivity contribution >= 4 is 28.9 Å². The number of benzene rings is 2. The van der Waals surface area contributed by atoms with Crippen LogP contribution in [0.25, 0.3) is 0 Å². The van der Waals surface area contributed by atoms with Crippen LogP contribution >= 0.6 is 11.6 Å². The van der Waals surface area contributed by atoms with Crippen LogP contribution in [0.5, 0.6) is 5.75 Å². The molecule has 0 saturated heterocycles. The summed E-state index contributed by atoms with van der Waals surface area (Å²) in [5.74, 6) is -0.960. The molecule has 2 aromatic rings. The summed E-state index contributed by atoms with van der Waals surface area (Å²) in [5.41, 5.74) is 1.34. The molecule has 24 heavy (non-hydrogen) atoms. The molecule has 0 aliphatic heterocycles. The van der Waals surface area contributed by atoms with Crippen molar-refractivity contribution in [2.45, 2.75) is 13.8 Å². The maximum Gasteiger partial charge on any atom is 0.293 e. The summed E-state index contributed by atoms with van der Waals surface area (Å²) in [5, 5.41) is 13.4. The van der Waals surface area contributed by atoms with Crippen LogP contribution in [0.2, 0.25) is 5.02 Å². The van der Waals surface area contributed by atoms with Crippen molar-refractivity contribution in [2.24, 2.45) is 0 Å². The van der Waals surface area contributed by atoms with Gasteiger partial charge < -0.3 is 10.1 Å². The highest BCUT2D eigenvalue weighted by atomic mass is 35.5. The van der Waals surface area contributed by atoms with Gasteiger partial charge in [0.1, 0.15) is 17.3 Å². The second-order valence-corrected chi connectivity index (χ2v) is 5.48. The third-order valence-electron chi connectivity index (χ3n) is 3.44. The molecule has 0 unspecified atom stereocenters. The minimum atomic E-state index is -0.598. The zero-order valence-corrected chi connectivity index (χ0v) is 13.7. The summed E-state index contributed by atoms with van der Waals surface area (Å²) >= 11 is 5.62. The summed E-state index contributed by atoms with van der Waals surface area (Å²) in [6.07, 6.45) is 0. The normalized spacial score (nSPS) is 10.3. The van der Waals surface area contributed by atoms with Crippen LogP contribution in [0.4, 0.5) is 15.8 Å². The van der Waals surface area contributed by atoms with E-state index in [9.17, 15) is 19.3 Å². The molecule has 0 bridgehead atoms. The van der Waals surface area contributed by atoms with Gasteiger partial charge in [0.2, 0.25) is 0 Å². The Morgan fingerprint density at radius 1 is 1.33 bits per heavy atom. The van der Waals surface area contributed by atoms with Crippen molar-refractivity contribution in [3.63, 3.8) is 0 Å². The number of aryl methyl sites for hydroxylation is 1. The van der Waals surface area contributed by atoms with Crippen molar-refractivity contribution in [3.05, 3.63) is 62.4 Å². The van der Waals surface area contributed by atoms with E-state index in [1.54, 1.807) is 19.9 Å². The molecule has 0 aliphatic carbocycles. The second-order valence-electron chi connectivity index (χ2n) is 5.07. The highest BCUT2D eigenvalue weighted by Gasteiger charge is 2.19. The molecule has 0 radical (unpaired) electrons. The number of ether oxygens (including phenoxy) is 1. The lowest BCUT2D eigenvalue weighted by molar-refractivity contribution is -0.384. The van der Waals surface area contributed by atoms with Gasteiger partial charge in [0.25, 0.3) is 11.6 Å². The Balaban J connectivity index is 2.11. The number of nitrogens with zero attached hydrogens (tertiary/aromatic N) is 1. The van der Waals surface area contributed by atoms with Crippen LogP contribution < -0.4 is 10.1 Å². The number of nitrogens with one attached hydrogen (secondary N) is 1. The van der Waals surface area contributed by atoms with Crippen molar-refractivity contribution < 1.29 is 18.8 Å². The topological polar surface area (TPSA) is 81.5 Å². The van der Waals surface area contributed by atoms with Crippen LogP contribution in [0, 0.1) is 29.8 Å². The molecule has 1 N–H and O–H groups in total. The Hall–Kier alpha value is -2.67. The Kier molecular flexibility index (Phi) is 5.35. The van der Waals surface area contributed by atoms with E-state index in [0.29, 0.717) is 5.56 Å². The van der Waals surface area contributed by atoms with Gasteiger partial charge in [-0.05, 0) is 37.1 Å². The minimum Gasteiger partial charge on any atom is -0.484 e. The van der Waals surface area contributed by atoms with Crippen LogP contribution in [0.1, 0.15) is 11.1 Å². The highest BCUT2D eigenvalue weighted by molar-refractivity contribution is 6.30. The molecule has 0 spiro atoms. The van der Waals surface area contributed by atoms with Gasteiger partial charge in [-0.1, -0.05) is 17.7 Å². The molecule has 0 saturated carbocycles. The van der Waals surface area contributed by atoms with E-state index >= 15 is 0 Å². The largest absolute Gasteiger partial charge is 0.484 e. The third kappa shape index (κ3) is 3.99. The van der Waals surface area contributed by atoms with Gasteiger partial charge in [0, 0.05) is 12.1 Å². The lowest BCUT2D eigenvalue weighted by Crippen LogP contribution is -2.21.